The number of alkyl halides is 3. The molecule has 2 aliphatic rings. The average molecular weight is 307 g/mol. The zero-order valence-electron chi connectivity index (χ0n) is 11.7. The number of primary amides is 1. The van der Waals surface area contributed by atoms with Crippen molar-refractivity contribution in [1.29, 1.82) is 0 Å². The molecule has 2 saturated heterocycles. The predicted molar refractivity (Wildman–Crippen MR) is 69.1 cm³/mol. The number of carbonyl (C=O) groups is 2. The van der Waals surface area contributed by atoms with Gasteiger partial charge in [0.2, 0.25) is 11.8 Å². The Kier molecular flexibility index (Phi) is 4.75. The fourth-order valence-corrected chi connectivity index (χ4v) is 2.98. The number of piperidine rings is 2. The van der Waals surface area contributed by atoms with Gasteiger partial charge in [0, 0.05) is 19.6 Å². The number of hydrogen-bond acceptors (Lipinski definition) is 3. The van der Waals surface area contributed by atoms with Crippen molar-refractivity contribution in [2.45, 2.75) is 37.9 Å². The first-order chi connectivity index (χ1) is 9.79. The van der Waals surface area contributed by atoms with E-state index in [4.69, 9.17) is 5.73 Å². The van der Waals surface area contributed by atoms with Crippen LogP contribution in [0.5, 0.6) is 0 Å². The SMILES string of the molecule is NC(=O)C1CCCN(C(=O)C2CCC(C(F)(F)F)CN2)C1. The minimum absolute atomic E-state index is 0.0417. The summed E-state index contributed by atoms with van der Waals surface area (Å²) in [6, 6.07) is -0.588. The Labute approximate surface area is 121 Å². The number of nitrogens with one attached hydrogen (secondary N) is 1. The first kappa shape index (κ1) is 16.1. The third kappa shape index (κ3) is 3.87. The van der Waals surface area contributed by atoms with Crippen molar-refractivity contribution >= 4 is 11.8 Å². The third-order valence-corrected chi connectivity index (χ3v) is 4.31. The van der Waals surface area contributed by atoms with Crippen molar-refractivity contribution < 1.29 is 22.8 Å². The quantitative estimate of drug-likeness (QED) is 0.786. The Bertz CT molecular complexity index is 406. The van der Waals surface area contributed by atoms with Crippen LogP contribution in [-0.4, -0.2) is 48.6 Å². The van der Waals surface area contributed by atoms with Crippen molar-refractivity contribution in [2.75, 3.05) is 19.6 Å². The van der Waals surface area contributed by atoms with Crippen LogP contribution in [0.2, 0.25) is 0 Å². The molecular weight excluding hydrogens is 287 g/mol. The summed E-state index contributed by atoms with van der Waals surface area (Å²) in [5, 5.41) is 2.69. The second kappa shape index (κ2) is 6.21. The summed E-state index contributed by atoms with van der Waals surface area (Å²) >= 11 is 0. The molecule has 0 bridgehead atoms. The molecule has 0 aromatic heterocycles. The molecule has 21 heavy (non-hydrogen) atoms. The number of carbonyl (C=O) groups excluding carboxylic acids is 2. The standard InChI is InChI=1S/C13H20F3N3O2/c14-13(15,16)9-3-4-10(18-6-9)12(21)19-5-1-2-8(7-19)11(17)20/h8-10,18H,1-7H2,(H2,17,20). The van der Waals surface area contributed by atoms with Gasteiger partial charge in [-0.15, -0.1) is 0 Å². The summed E-state index contributed by atoms with van der Waals surface area (Å²) in [5.74, 6) is -2.39. The second-order valence-corrected chi connectivity index (χ2v) is 5.80. The number of halogens is 3. The molecule has 8 heteroatoms. The summed E-state index contributed by atoms with van der Waals surface area (Å²) in [6.07, 6.45) is -2.74. The first-order valence-corrected chi connectivity index (χ1v) is 7.17. The maximum Gasteiger partial charge on any atom is 0.393 e. The molecule has 120 valence electrons. The van der Waals surface area contributed by atoms with Gasteiger partial charge in [-0.3, -0.25) is 9.59 Å². The van der Waals surface area contributed by atoms with E-state index >= 15 is 0 Å². The van der Waals surface area contributed by atoms with E-state index in [-0.39, 0.29) is 37.8 Å². The highest BCUT2D eigenvalue weighted by Gasteiger charge is 2.43. The summed E-state index contributed by atoms with van der Waals surface area (Å²) in [7, 11) is 0. The molecule has 3 atom stereocenters. The van der Waals surface area contributed by atoms with Gasteiger partial charge in [0.15, 0.2) is 0 Å². The fourth-order valence-electron chi connectivity index (χ4n) is 2.98. The smallest absolute Gasteiger partial charge is 0.369 e. The summed E-state index contributed by atoms with van der Waals surface area (Å²) in [5.41, 5.74) is 5.26. The number of amides is 2. The Morgan fingerprint density at radius 3 is 2.43 bits per heavy atom. The first-order valence-electron chi connectivity index (χ1n) is 7.17. The lowest BCUT2D eigenvalue weighted by Gasteiger charge is -2.36. The lowest BCUT2D eigenvalue weighted by molar-refractivity contribution is -0.181. The highest BCUT2D eigenvalue weighted by molar-refractivity contribution is 5.83. The van der Waals surface area contributed by atoms with E-state index in [1.165, 1.54) is 0 Å². The van der Waals surface area contributed by atoms with Gasteiger partial charge in [-0.25, -0.2) is 0 Å². The molecule has 2 rings (SSSR count). The van der Waals surface area contributed by atoms with E-state index in [0.29, 0.717) is 19.4 Å². The third-order valence-electron chi connectivity index (χ3n) is 4.31. The highest BCUT2D eigenvalue weighted by Crippen LogP contribution is 2.32. The maximum absolute atomic E-state index is 12.6. The van der Waals surface area contributed by atoms with Crippen molar-refractivity contribution in [3.05, 3.63) is 0 Å². The van der Waals surface area contributed by atoms with E-state index in [2.05, 4.69) is 5.32 Å². The van der Waals surface area contributed by atoms with Crippen LogP contribution in [0.25, 0.3) is 0 Å². The van der Waals surface area contributed by atoms with Gasteiger partial charge in [-0.05, 0) is 25.7 Å². The van der Waals surface area contributed by atoms with Crippen LogP contribution in [0, 0.1) is 11.8 Å². The Morgan fingerprint density at radius 1 is 1.19 bits per heavy atom. The van der Waals surface area contributed by atoms with Crippen molar-refractivity contribution in [2.24, 2.45) is 17.6 Å². The van der Waals surface area contributed by atoms with Gasteiger partial charge in [0.1, 0.15) is 0 Å². The maximum atomic E-state index is 12.6. The lowest BCUT2D eigenvalue weighted by atomic mass is 9.92. The molecule has 0 aromatic rings. The molecule has 5 nitrogen and oxygen atoms in total. The molecule has 0 spiro atoms. The Balaban J connectivity index is 1.88. The Hall–Kier alpha value is -1.31. The summed E-state index contributed by atoms with van der Waals surface area (Å²) < 4.78 is 37.7. The average Bonchev–Trinajstić information content (AvgIpc) is 2.46. The van der Waals surface area contributed by atoms with Gasteiger partial charge in [-0.1, -0.05) is 0 Å². The van der Waals surface area contributed by atoms with E-state index < -0.39 is 24.0 Å². The lowest BCUT2D eigenvalue weighted by Crippen LogP contribution is -2.55. The fraction of sp³-hybridized carbons (Fsp3) is 0.846. The molecular formula is C13H20F3N3O2. The minimum Gasteiger partial charge on any atom is -0.369 e. The molecule has 2 aliphatic heterocycles. The van der Waals surface area contributed by atoms with Crippen LogP contribution < -0.4 is 11.1 Å². The number of likely N-dealkylation sites (tertiary alicyclic amines) is 1. The largest absolute Gasteiger partial charge is 0.393 e. The molecule has 3 N–H and O–H groups in total. The molecule has 3 unspecified atom stereocenters. The molecule has 0 aromatic carbocycles. The number of nitrogens with zero attached hydrogens (tertiary/aromatic N) is 1. The minimum atomic E-state index is -4.22. The molecule has 2 amide bonds. The van der Waals surface area contributed by atoms with E-state index in [1.807, 2.05) is 0 Å². The van der Waals surface area contributed by atoms with Crippen LogP contribution in [0.15, 0.2) is 0 Å². The monoisotopic (exact) mass is 307 g/mol. The molecule has 0 aliphatic carbocycles. The number of nitrogens with two attached hydrogens (primary N) is 1. The number of hydrogen-bond donors (Lipinski definition) is 2. The van der Waals surface area contributed by atoms with Gasteiger partial charge in [0.05, 0.1) is 17.9 Å². The zero-order chi connectivity index (χ0) is 15.6. The number of rotatable bonds is 2. The molecule has 0 radical (unpaired) electrons. The van der Waals surface area contributed by atoms with Crippen molar-refractivity contribution in [3.63, 3.8) is 0 Å². The summed E-state index contributed by atoms with van der Waals surface area (Å²) in [4.78, 5) is 25.0. The topological polar surface area (TPSA) is 75.4 Å². The van der Waals surface area contributed by atoms with Crippen molar-refractivity contribution in [3.8, 4) is 0 Å². The Morgan fingerprint density at radius 2 is 1.90 bits per heavy atom. The molecule has 2 fully saturated rings. The van der Waals surface area contributed by atoms with Gasteiger partial charge in [0.25, 0.3) is 0 Å². The summed E-state index contributed by atoms with van der Waals surface area (Å²) in [6.45, 7) is 0.575. The normalized spacial score (nSPS) is 31.0. The van der Waals surface area contributed by atoms with Gasteiger partial charge in [-0.2, -0.15) is 13.2 Å². The highest BCUT2D eigenvalue weighted by atomic mass is 19.4. The van der Waals surface area contributed by atoms with Crippen molar-refractivity contribution in [1.82, 2.24) is 10.2 Å². The van der Waals surface area contributed by atoms with Crippen LogP contribution >= 0.6 is 0 Å². The van der Waals surface area contributed by atoms with E-state index in [1.54, 1.807) is 4.90 Å². The van der Waals surface area contributed by atoms with Gasteiger partial charge >= 0.3 is 6.18 Å². The predicted octanol–water partition coefficient (Wildman–Crippen LogP) is 0.641. The zero-order valence-corrected chi connectivity index (χ0v) is 11.7. The van der Waals surface area contributed by atoms with Gasteiger partial charge < -0.3 is 16.0 Å². The second-order valence-electron chi connectivity index (χ2n) is 5.80. The molecule has 0 saturated carbocycles. The van der Waals surface area contributed by atoms with Crippen LogP contribution in [0.4, 0.5) is 13.2 Å². The van der Waals surface area contributed by atoms with E-state index in [0.717, 1.165) is 0 Å². The van der Waals surface area contributed by atoms with Crippen LogP contribution in [-0.2, 0) is 9.59 Å². The van der Waals surface area contributed by atoms with E-state index in [9.17, 15) is 22.8 Å². The van der Waals surface area contributed by atoms with Crippen LogP contribution in [0.1, 0.15) is 25.7 Å². The van der Waals surface area contributed by atoms with Crippen LogP contribution in [0.3, 0.4) is 0 Å². The molecule has 2 heterocycles.